The minimum Gasteiger partial charge on any atom is -0.167 e. The first kappa shape index (κ1) is 11.7. The molecule has 0 aromatic carbocycles. The second-order valence-electron chi connectivity index (χ2n) is 4.03. The number of rotatable bonds is 4. The van der Waals surface area contributed by atoms with Gasteiger partial charge in [0, 0.05) is 0 Å². The highest BCUT2D eigenvalue weighted by Gasteiger charge is 2.09. The summed E-state index contributed by atoms with van der Waals surface area (Å²) in [6.07, 6.45) is 13.2. The van der Waals surface area contributed by atoms with E-state index in [4.69, 9.17) is 0 Å². The van der Waals surface area contributed by atoms with Crippen LogP contribution in [0.15, 0.2) is 12.2 Å². The molecule has 0 radical (unpaired) electrons. The number of hydrogen-bond donors (Lipinski definition) is 0. The van der Waals surface area contributed by atoms with Crippen molar-refractivity contribution >= 4 is 41.6 Å². The van der Waals surface area contributed by atoms with E-state index in [1.807, 2.05) is 0 Å². The van der Waals surface area contributed by atoms with Crippen LogP contribution in [0.1, 0.15) is 32.1 Å². The molecule has 0 aromatic rings. The van der Waals surface area contributed by atoms with E-state index < -0.39 is 0 Å². The normalized spacial score (nSPS) is 25.5. The van der Waals surface area contributed by atoms with E-state index in [1.165, 1.54) is 57.7 Å². The number of halogens is 1. The number of hydrogen-bond acceptors (Lipinski definition) is 0. The van der Waals surface area contributed by atoms with E-state index in [2.05, 4.69) is 34.5 Å². The first-order valence-electron chi connectivity index (χ1n) is 5.64. The second kappa shape index (κ2) is 8.01. The Hall–Kier alpha value is 0.665. The fourth-order valence-electron chi connectivity index (χ4n) is 2.05. The summed E-state index contributed by atoms with van der Waals surface area (Å²) in [7, 11) is 2.88. The van der Waals surface area contributed by atoms with Gasteiger partial charge in [0.25, 0.3) is 0 Å². The smallest absolute Gasteiger partial charge is 0.156 e. The van der Waals surface area contributed by atoms with Crippen LogP contribution < -0.4 is 0 Å². The highest BCUT2D eigenvalue weighted by atomic mass is 127. The number of allylic oxidation sites excluding steroid dienone is 2. The Morgan fingerprint density at radius 1 is 1.23 bits per heavy atom. The fourth-order valence-corrected chi connectivity index (χ4v) is 2.59. The predicted molar refractivity (Wildman–Crippen MR) is 76.0 cm³/mol. The van der Waals surface area contributed by atoms with Crippen LogP contribution in [0.25, 0.3) is 0 Å². The SMILES string of the molecule is IBBBCC1CC/C=C/CCC1. The molecule has 0 spiro atoms. The van der Waals surface area contributed by atoms with Gasteiger partial charge < -0.3 is 0 Å². The van der Waals surface area contributed by atoms with E-state index in [0.717, 1.165) is 5.92 Å². The lowest BCUT2D eigenvalue weighted by Gasteiger charge is -2.16. The fraction of sp³-hybridized carbons (Fsp3) is 0.778. The first-order valence-corrected chi connectivity index (χ1v) is 7.17. The molecule has 13 heavy (non-hydrogen) atoms. The van der Waals surface area contributed by atoms with Crippen molar-refractivity contribution in [3.8, 4) is 0 Å². The zero-order chi connectivity index (χ0) is 9.36. The lowest BCUT2D eigenvalue weighted by Crippen LogP contribution is -2.13. The molecule has 0 saturated heterocycles. The van der Waals surface area contributed by atoms with Crippen LogP contribution in [0, 0.1) is 5.92 Å². The van der Waals surface area contributed by atoms with Gasteiger partial charge in [-0.15, -0.1) is 0 Å². The van der Waals surface area contributed by atoms with Gasteiger partial charge in [-0.3, -0.25) is 0 Å². The van der Waals surface area contributed by atoms with Crippen molar-refractivity contribution in [3.63, 3.8) is 0 Å². The van der Waals surface area contributed by atoms with Crippen LogP contribution in [0.4, 0.5) is 0 Å². The molecule has 0 N–H and O–H groups in total. The Morgan fingerprint density at radius 3 is 2.92 bits per heavy atom. The highest BCUT2D eigenvalue weighted by molar-refractivity contribution is 14.1. The Kier molecular flexibility index (Phi) is 7.24. The molecular formula is C9H18B3I. The van der Waals surface area contributed by atoms with Crippen LogP contribution in [-0.2, 0) is 0 Å². The van der Waals surface area contributed by atoms with Crippen molar-refractivity contribution in [2.75, 3.05) is 0 Å². The quantitative estimate of drug-likeness (QED) is 0.321. The summed E-state index contributed by atoms with van der Waals surface area (Å²) in [6, 6.07) is 0. The topological polar surface area (TPSA) is 0 Å². The molecule has 0 fully saturated rings. The summed E-state index contributed by atoms with van der Waals surface area (Å²) in [6.45, 7) is 0. The van der Waals surface area contributed by atoms with Crippen molar-refractivity contribution in [3.05, 3.63) is 12.2 Å². The molecule has 0 aliphatic heterocycles. The maximum Gasteiger partial charge on any atom is 0.156 e. The van der Waals surface area contributed by atoms with Gasteiger partial charge in [-0.2, -0.15) is 22.4 Å². The molecule has 0 nitrogen and oxygen atoms in total. The van der Waals surface area contributed by atoms with Crippen molar-refractivity contribution in [2.24, 2.45) is 5.92 Å². The van der Waals surface area contributed by atoms with E-state index in [0.29, 0.717) is 0 Å². The van der Waals surface area contributed by atoms with Gasteiger partial charge in [0.2, 0.25) is 0 Å². The zero-order valence-corrected chi connectivity index (χ0v) is 10.6. The standard InChI is InChI=1S/C9H18B3I/c13-12-11-10-8-9-6-4-2-1-3-5-7-9/h1-2,9-12H,3-8H2/b2-1+. The van der Waals surface area contributed by atoms with Crippen LogP contribution in [-0.4, -0.2) is 19.3 Å². The largest absolute Gasteiger partial charge is 0.167 e. The van der Waals surface area contributed by atoms with Gasteiger partial charge in [0.05, 0.1) is 14.2 Å². The van der Waals surface area contributed by atoms with Crippen molar-refractivity contribution in [1.82, 2.24) is 0 Å². The summed E-state index contributed by atoms with van der Waals surface area (Å²) in [4.78, 5) is 0. The first-order chi connectivity index (χ1) is 6.43. The Morgan fingerprint density at radius 2 is 2.08 bits per heavy atom. The van der Waals surface area contributed by atoms with Gasteiger partial charge in [0.1, 0.15) is 0 Å². The molecule has 1 unspecified atom stereocenters. The monoisotopic (exact) mass is 286 g/mol. The Balaban J connectivity index is 2.12. The third-order valence-electron chi connectivity index (χ3n) is 2.89. The van der Waals surface area contributed by atoms with Gasteiger partial charge in [-0.05, 0) is 31.6 Å². The summed E-state index contributed by atoms with van der Waals surface area (Å²) in [5, 5.41) is 1.34. The molecular weight excluding hydrogens is 267 g/mol. The molecule has 1 atom stereocenters. The molecule has 70 valence electrons. The van der Waals surface area contributed by atoms with Gasteiger partial charge in [-0.1, -0.05) is 24.9 Å². The van der Waals surface area contributed by atoms with E-state index in [-0.39, 0.29) is 0 Å². The molecule has 1 aliphatic rings. The van der Waals surface area contributed by atoms with E-state index in [9.17, 15) is 0 Å². The molecule has 1 aliphatic carbocycles. The van der Waals surface area contributed by atoms with E-state index >= 15 is 0 Å². The third kappa shape index (κ3) is 5.87. The Bertz CT molecular complexity index is 150. The van der Waals surface area contributed by atoms with Crippen molar-refractivity contribution in [2.45, 2.75) is 38.4 Å². The second-order valence-corrected chi connectivity index (χ2v) is 5.11. The lowest BCUT2D eigenvalue weighted by molar-refractivity contribution is 0.473. The van der Waals surface area contributed by atoms with Crippen LogP contribution in [0.5, 0.6) is 0 Å². The summed E-state index contributed by atoms with van der Waals surface area (Å²) in [5.41, 5.74) is 0. The van der Waals surface area contributed by atoms with Crippen molar-refractivity contribution in [1.29, 1.82) is 0 Å². The van der Waals surface area contributed by atoms with Gasteiger partial charge in [0.15, 0.2) is 5.03 Å². The molecule has 0 saturated carbocycles. The van der Waals surface area contributed by atoms with Crippen molar-refractivity contribution < 1.29 is 0 Å². The van der Waals surface area contributed by atoms with Crippen LogP contribution >= 0.6 is 22.4 Å². The maximum atomic E-state index is 2.48. The van der Waals surface area contributed by atoms with Gasteiger partial charge in [-0.25, -0.2) is 0 Å². The lowest BCUT2D eigenvalue weighted by atomic mass is 9.26. The third-order valence-corrected chi connectivity index (χ3v) is 3.65. The average Bonchev–Trinajstić information content (AvgIpc) is 2.08. The van der Waals surface area contributed by atoms with E-state index in [1.54, 1.807) is 0 Å². The minimum atomic E-state index is 1.04. The highest BCUT2D eigenvalue weighted by Crippen LogP contribution is 2.21. The molecule has 1 rings (SSSR count). The molecule has 0 bridgehead atoms. The van der Waals surface area contributed by atoms with Gasteiger partial charge >= 0.3 is 0 Å². The summed E-state index contributed by atoms with van der Waals surface area (Å²) >= 11 is 2.48. The maximum absolute atomic E-state index is 2.48. The summed E-state index contributed by atoms with van der Waals surface area (Å²) < 4.78 is 0. The van der Waals surface area contributed by atoms with Crippen LogP contribution in [0.2, 0.25) is 6.32 Å². The molecule has 0 aromatic heterocycles. The summed E-state index contributed by atoms with van der Waals surface area (Å²) in [5.74, 6) is 1.04. The molecule has 0 amide bonds. The molecule has 4 heteroatoms. The minimum absolute atomic E-state index is 1.04. The van der Waals surface area contributed by atoms with Crippen LogP contribution in [0.3, 0.4) is 0 Å². The zero-order valence-electron chi connectivity index (χ0n) is 8.47. The molecule has 0 heterocycles. The average molecular weight is 286 g/mol. The Labute approximate surface area is 97.9 Å². The predicted octanol–water partition coefficient (Wildman–Crippen LogP) is 2.03.